The van der Waals surface area contributed by atoms with E-state index < -0.39 is 30.3 Å². The first kappa shape index (κ1) is 44.6. The number of methoxy groups -OCH3 is 1. The van der Waals surface area contributed by atoms with E-state index in [4.69, 9.17) is 32.2 Å². The molecule has 0 radical (unpaired) electrons. The zero-order valence-electron chi connectivity index (χ0n) is 32.6. The van der Waals surface area contributed by atoms with Gasteiger partial charge in [0.2, 0.25) is 11.8 Å². The summed E-state index contributed by atoms with van der Waals surface area (Å²) in [6.07, 6.45) is 7.42. The van der Waals surface area contributed by atoms with Gasteiger partial charge in [-0.05, 0) is 61.7 Å². The minimum atomic E-state index is -0.955. The number of carbonyl (C=O) groups excluding carboxylic acids is 3. The van der Waals surface area contributed by atoms with Gasteiger partial charge in [-0.3, -0.25) is 14.4 Å². The first-order valence-electron chi connectivity index (χ1n) is 19.9. The van der Waals surface area contributed by atoms with E-state index in [1.807, 2.05) is 49.1 Å². The van der Waals surface area contributed by atoms with Gasteiger partial charge in [0, 0.05) is 45.6 Å². The van der Waals surface area contributed by atoms with Gasteiger partial charge in [-0.2, -0.15) is 0 Å². The van der Waals surface area contributed by atoms with Crippen molar-refractivity contribution >= 4 is 35.1 Å². The number of amides is 3. The Morgan fingerprint density at radius 1 is 0.981 bits per heavy atom. The van der Waals surface area contributed by atoms with E-state index in [0.717, 1.165) is 44.1 Å². The van der Waals surface area contributed by atoms with E-state index in [9.17, 15) is 19.5 Å². The van der Waals surface area contributed by atoms with E-state index in [1.165, 1.54) is 6.42 Å². The van der Waals surface area contributed by atoms with Gasteiger partial charge in [0.05, 0.1) is 18.2 Å². The molecule has 2 aliphatic rings. The zero-order chi connectivity index (χ0) is 38.6. The number of aliphatic hydroxyl groups is 1. The highest BCUT2D eigenvalue weighted by molar-refractivity contribution is 7.80. The highest BCUT2D eigenvalue weighted by Gasteiger charge is 2.36. The molecule has 300 valence electrons. The third-order valence-corrected chi connectivity index (χ3v) is 10.8. The van der Waals surface area contributed by atoms with E-state index >= 15 is 0 Å². The Balaban J connectivity index is 1.80. The minimum Gasteiger partial charge on any atom is -0.391 e. The monoisotopic (exact) mass is 761 g/mol. The second kappa shape index (κ2) is 24.5. The van der Waals surface area contributed by atoms with Gasteiger partial charge in [-0.1, -0.05) is 96.0 Å². The molecule has 1 aliphatic heterocycles. The molecule has 1 saturated carbocycles. The molecule has 1 saturated heterocycles. The fraction of sp³-hybridized carbons (Fsp3) is 0.750. The summed E-state index contributed by atoms with van der Waals surface area (Å²) in [7, 11) is 1.59. The van der Waals surface area contributed by atoms with Crippen LogP contribution in [0, 0.1) is 17.8 Å². The summed E-state index contributed by atoms with van der Waals surface area (Å²) in [5.41, 5.74) is 6.46. The van der Waals surface area contributed by atoms with E-state index in [1.54, 1.807) is 7.11 Å². The summed E-state index contributed by atoms with van der Waals surface area (Å²) in [6.45, 7) is 8.02. The number of hydrogen-bond donors (Lipinski definition) is 5. The van der Waals surface area contributed by atoms with Crippen molar-refractivity contribution in [2.24, 2.45) is 23.5 Å². The summed E-state index contributed by atoms with van der Waals surface area (Å²) in [4.78, 5) is 43.6. The lowest BCUT2D eigenvalue weighted by atomic mass is 9.81. The van der Waals surface area contributed by atoms with E-state index in [2.05, 4.69) is 22.9 Å². The molecular formula is C40H67N5O7S. The average molecular weight is 762 g/mol. The standard InChI is InChI=1S/C40H67N5O7S/c1-5-6-17-35(52-36(25-30-15-11-8-12-16-30)39(49)45-22-18-31(19-23-45)51-27-50-4)38(48)44-33(24-29-13-9-7-10-14-29)34(46)26-32(28(2)3)37(47)42-20-21-43-40(41)53/h8,11-12,15-16,28-29,31-36,46H,5-7,9-10,13-14,17-27H2,1-4H3,(H,42,47)(H,44,48)(H3,41,43,53)/t32-,33-,34-,35-,36-/m0/s1. The number of nitrogens with two attached hydrogens (primary N) is 1. The lowest BCUT2D eigenvalue weighted by molar-refractivity contribution is -0.157. The van der Waals surface area contributed by atoms with Crippen LogP contribution >= 0.6 is 12.2 Å². The van der Waals surface area contributed by atoms with Crippen LogP contribution in [0.2, 0.25) is 0 Å². The van der Waals surface area contributed by atoms with Gasteiger partial charge < -0.3 is 45.9 Å². The maximum Gasteiger partial charge on any atom is 0.252 e. The van der Waals surface area contributed by atoms with E-state index in [0.29, 0.717) is 64.2 Å². The van der Waals surface area contributed by atoms with Crippen LogP contribution in [0.15, 0.2) is 30.3 Å². The summed E-state index contributed by atoms with van der Waals surface area (Å²) in [5.74, 6) is -0.774. The largest absolute Gasteiger partial charge is 0.391 e. The second-order valence-electron chi connectivity index (χ2n) is 15.1. The maximum atomic E-state index is 14.3. The SMILES string of the molecule is CCCC[C@H](O[C@@H](Cc1ccccc1)C(=O)N1CCC(OCOC)CC1)C(=O)N[C@@H](CC1CCCCC1)[C@@H](O)C[C@H](C(=O)NCCNC(N)=S)C(C)C. The first-order chi connectivity index (χ1) is 25.5. The summed E-state index contributed by atoms with van der Waals surface area (Å²) in [5, 5.41) is 20.9. The van der Waals surface area contributed by atoms with Crippen LogP contribution < -0.4 is 21.7 Å². The second-order valence-corrected chi connectivity index (χ2v) is 15.6. The summed E-state index contributed by atoms with van der Waals surface area (Å²) in [6, 6.07) is 9.17. The van der Waals surface area contributed by atoms with Gasteiger partial charge in [0.1, 0.15) is 19.0 Å². The number of aliphatic hydroxyl groups excluding tert-OH is 1. The first-order valence-corrected chi connectivity index (χ1v) is 20.3. The third-order valence-electron chi connectivity index (χ3n) is 10.6. The summed E-state index contributed by atoms with van der Waals surface area (Å²) >= 11 is 4.86. The molecule has 0 bridgehead atoms. The fourth-order valence-electron chi connectivity index (χ4n) is 7.46. The molecule has 6 N–H and O–H groups in total. The molecule has 13 heteroatoms. The lowest BCUT2D eigenvalue weighted by Gasteiger charge is -2.36. The number of nitrogens with zero attached hydrogens (tertiary/aromatic N) is 1. The van der Waals surface area contributed by atoms with Crippen molar-refractivity contribution in [3.05, 3.63) is 35.9 Å². The number of nitrogens with one attached hydrogen (secondary N) is 3. The van der Waals surface area contributed by atoms with Crippen molar-refractivity contribution in [2.75, 3.05) is 40.1 Å². The molecule has 1 heterocycles. The summed E-state index contributed by atoms with van der Waals surface area (Å²) < 4.78 is 17.4. The Hall–Kier alpha value is -2.84. The topological polar surface area (TPSA) is 164 Å². The number of piperidine rings is 1. The van der Waals surface area contributed by atoms with Crippen molar-refractivity contribution in [2.45, 2.75) is 135 Å². The molecule has 12 nitrogen and oxygen atoms in total. The van der Waals surface area contributed by atoms with E-state index in [-0.39, 0.29) is 48.1 Å². The Morgan fingerprint density at radius 2 is 1.66 bits per heavy atom. The maximum absolute atomic E-state index is 14.3. The van der Waals surface area contributed by atoms with Crippen LogP contribution in [-0.4, -0.2) is 103 Å². The minimum absolute atomic E-state index is 0.0245. The van der Waals surface area contributed by atoms with Gasteiger partial charge in [0.15, 0.2) is 5.11 Å². The number of likely N-dealkylation sites (tertiary alicyclic amines) is 1. The third kappa shape index (κ3) is 16.2. The van der Waals surface area contributed by atoms with Crippen LogP contribution in [0.4, 0.5) is 0 Å². The molecule has 0 unspecified atom stereocenters. The Labute approximate surface area is 323 Å². The molecule has 53 heavy (non-hydrogen) atoms. The number of carbonyl (C=O) groups is 3. The molecule has 0 aromatic heterocycles. The number of hydrogen-bond acceptors (Lipinski definition) is 8. The van der Waals surface area contributed by atoms with Crippen LogP contribution in [0.1, 0.15) is 103 Å². The molecule has 3 rings (SSSR count). The number of ether oxygens (including phenoxy) is 3. The number of rotatable bonds is 23. The van der Waals surface area contributed by atoms with Crippen LogP contribution in [0.5, 0.6) is 0 Å². The predicted octanol–water partition coefficient (Wildman–Crippen LogP) is 4.21. The Kier molecular flexibility index (Phi) is 20.6. The zero-order valence-corrected chi connectivity index (χ0v) is 33.4. The van der Waals surface area contributed by atoms with Crippen molar-refractivity contribution in [3.63, 3.8) is 0 Å². The number of benzene rings is 1. The fourth-order valence-corrected chi connectivity index (χ4v) is 7.56. The Bertz CT molecular complexity index is 1230. The van der Waals surface area contributed by atoms with Crippen LogP contribution in [-0.2, 0) is 35.0 Å². The molecule has 2 fully saturated rings. The average Bonchev–Trinajstić information content (AvgIpc) is 3.15. The molecule has 1 aliphatic carbocycles. The highest BCUT2D eigenvalue weighted by Crippen LogP contribution is 2.30. The van der Waals surface area contributed by atoms with Crippen LogP contribution in [0.3, 0.4) is 0 Å². The van der Waals surface area contributed by atoms with Crippen LogP contribution in [0.25, 0.3) is 0 Å². The molecule has 0 spiro atoms. The van der Waals surface area contributed by atoms with Gasteiger partial charge in [-0.25, -0.2) is 0 Å². The van der Waals surface area contributed by atoms with Crippen molar-refractivity contribution in [1.29, 1.82) is 0 Å². The quantitative estimate of drug-likeness (QED) is 0.0620. The molecule has 1 aromatic carbocycles. The number of unbranched alkanes of at least 4 members (excludes halogenated alkanes) is 1. The normalized spacial score (nSPS) is 18.5. The molecule has 5 atom stereocenters. The molecule has 1 aromatic rings. The van der Waals surface area contributed by atoms with Gasteiger partial charge in [0.25, 0.3) is 5.91 Å². The number of thiocarbonyl (C=S) groups is 1. The van der Waals surface area contributed by atoms with Gasteiger partial charge >= 0.3 is 0 Å². The molecular weight excluding hydrogens is 695 g/mol. The van der Waals surface area contributed by atoms with Crippen molar-refractivity contribution < 1.29 is 33.7 Å². The smallest absolute Gasteiger partial charge is 0.252 e. The van der Waals surface area contributed by atoms with Crippen molar-refractivity contribution in [3.8, 4) is 0 Å². The highest BCUT2D eigenvalue weighted by atomic mass is 32.1. The lowest BCUT2D eigenvalue weighted by Crippen LogP contribution is -2.52. The van der Waals surface area contributed by atoms with Crippen molar-refractivity contribution in [1.82, 2.24) is 20.9 Å². The predicted molar refractivity (Wildman–Crippen MR) is 211 cm³/mol. The van der Waals surface area contributed by atoms with Gasteiger partial charge in [-0.15, -0.1) is 0 Å². The molecule has 3 amide bonds. The Morgan fingerprint density at radius 3 is 2.28 bits per heavy atom.